The summed E-state index contributed by atoms with van der Waals surface area (Å²) in [5.41, 5.74) is 7.89. The number of rotatable bonds is 6. The molecule has 158 valence electrons. The molecule has 4 N–H and O–H groups in total. The van der Waals surface area contributed by atoms with Crippen LogP contribution in [0.1, 0.15) is 51.7 Å². The van der Waals surface area contributed by atoms with Gasteiger partial charge in [0.05, 0.1) is 12.5 Å². The second-order valence-electron chi connectivity index (χ2n) is 8.37. The molecule has 1 aromatic carbocycles. The molecule has 1 saturated heterocycles. The molecule has 1 atom stereocenters. The Kier molecular flexibility index (Phi) is 10.2. The van der Waals surface area contributed by atoms with Gasteiger partial charge in [-0.2, -0.15) is 0 Å². The fraction of sp³-hybridized carbons (Fsp3) is 0.619. The first-order chi connectivity index (χ1) is 12.8. The lowest BCUT2D eigenvalue weighted by atomic mass is 9.97. The van der Waals surface area contributed by atoms with E-state index in [9.17, 15) is 4.79 Å². The maximum Gasteiger partial charge on any atom is 0.221 e. The van der Waals surface area contributed by atoms with E-state index in [1.807, 2.05) is 0 Å². The fourth-order valence-corrected chi connectivity index (χ4v) is 3.35. The second kappa shape index (κ2) is 11.6. The zero-order valence-corrected chi connectivity index (χ0v) is 20.0. The van der Waals surface area contributed by atoms with E-state index in [0.717, 1.165) is 45.0 Å². The first-order valence-corrected chi connectivity index (χ1v) is 9.93. The van der Waals surface area contributed by atoms with Crippen LogP contribution in [0, 0.1) is 5.92 Å². The highest BCUT2D eigenvalue weighted by molar-refractivity contribution is 14.0. The standard InChI is InChI=1S/C21H35N5O.HI/c1-5-23-20(25-21(2,3)4)24-13-16-8-6-9-17(12-16)14-26-11-7-10-18(15-26)19(22)27;/h6,8-9,12,18H,5,7,10-11,13-15H2,1-4H3,(H2,22,27)(H2,23,24,25);1H. The quantitative estimate of drug-likeness (QED) is 0.318. The van der Waals surface area contributed by atoms with Crippen LogP contribution in [0.3, 0.4) is 0 Å². The van der Waals surface area contributed by atoms with Crippen LogP contribution in [0.15, 0.2) is 29.3 Å². The molecule has 28 heavy (non-hydrogen) atoms. The molecule has 1 unspecified atom stereocenters. The Balaban J connectivity index is 0.00000392. The van der Waals surface area contributed by atoms with Crippen LogP contribution in [0.2, 0.25) is 0 Å². The summed E-state index contributed by atoms with van der Waals surface area (Å²) in [5.74, 6) is 0.638. The third-order valence-electron chi connectivity index (χ3n) is 4.56. The highest BCUT2D eigenvalue weighted by atomic mass is 127. The highest BCUT2D eigenvalue weighted by Crippen LogP contribution is 2.19. The smallest absolute Gasteiger partial charge is 0.221 e. The first-order valence-electron chi connectivity index (χ1n) is 9.93. The van der Waals surface area contributed by atoms with Crippen molar-refractivity contribution in [2.45, 2.75) is 59.2 Å². The molecule has 1 amide bonds. The van der Waals surface area contributed by atoms with Gasteiger partial charge in [-0.05, 0) is 58.2 Å². The Bertz CT molecular complexity index is 656. The summed E-state index contributed by atoms with van der Waals surface area (Å²) < 4.78 is 0. The van der Waals surface area contributed by atoms with Crippen LogP contribution in [0.4, 0.5) is 0 Å². The predicted octanol–water partition coefficient (Wildman–Crippen LogP) is 2.86. The molecule has 0 spiro atoms. The highest BCUT2D eigenvalue weighted by Gasteiger charge is 2.23. The number of hydrogen-bond acceptors (Lipinski definition) is 3. The van der Waals surface area contributed by atoms with Crippen molar-refractivity contribution in [3.05, 3.63) is 35.4 Å². The summed E-state index contributed by atoms with van der Waals surface area (Å²) in [7, 11) is 0. The summed E-state index contributed by atoms with van der Waals surface area (Å²) in [4.78, 5) is 18.5. The Morgan fingerprint density at radius 1 is 1.32 bits per heavy atom. The molecular weight excluding hydrogens is 465 g/mol. The lowest BCUT2D eigenvalue weighted by molar-refractivity contribution is -0.123. The molecule has 0 aromatic heterocycles. The summed E-state index contributed by atoms with van der Waals surface area (Å²) >= 11 is 0. The largest absolute Gasteiger partial charge is 0.369 e. The maximum absolute atomic E-state index is 11.5. The van der Waals surface area contributed by atoms with Crippen molar-refractivity contribution in [3.63, 3.8) is 0 Å². The number of amides is 1. The van der Waals surface area contributed by atoms with Gasteiger partial charge in [0, 0.05) is 25.2 Å². The summed E-state index contributed by atoms with van der Waals surface area (Å²) in [5, 5.41) is 6.70. The number of nitrogens with zero attached hydrogens (tertiary/aromatic N) is 2. The van der Waals surface area contributed by atoms with E-state index in [-0.39, 0.29) is 41.3 Å². The van der Waals surface area contributed by atoms with Crippen molar-refractivity contribution in [2.75, 3.05) is 19.6 Å². The van der Waals surface area contributed by atoms with E-state index in [1.54, 1.807) is 0 Å². The van der Waals surface area contributed by atoms with Crippen molar-refractivity contribution >= 4 is 35.8 Å². The SMILES string of the molecule is CCNC(=NCc1cccc(CN2CCCC(C(N)=O)C2)c1)NC(C)(C)C.I. The van der Waals surface area contributed by atoms with Gasteiger partial charge in [0.2, 0.25) is 5.91 Å². The van der Waals surface area contributed by atoms with Crippen LogP contribution in [-0.4, -0.2) is 41.9 Å². The number of nitrogens with one attached hydrogen (secondary N) is 2. The first kappa shape index (κ1) is 24.7. The van der Waals surface area contributed by atoms with Crippen molar-refractivity contribution in [1.29, 1.82) is 0 Å². The van der Waals surface area contributed by atoms with Gasteiger partial charge >= 0.3 is 0 Å². The average molecular weight is 501 g/mol. The van der Waals surface area contributed by atoms with Gasteiger partial charge in [0.15, 0.2) is 5.96 Å². The number of benzene rings is 1. The number of carbonyl (C=O) groups excluding carboxylic acids is 1. The number of guanidine groups is 1. The third kappa shape index (κ3) is 8.77. The Morgan fingerprint density at radius 3 is 2.68 bits per heavy atom. The number of carbonyl (C=O) groups is 1. The lowest BCUT2D eigenvalue weighted by Gasteiger charge is -2.31. The molecule has 0 radical (unpaired) electrons. The number of primary amides is 1. The summed E-state index contributed by atoms with van der Waals surface area (Å²) in [6.07, 6.45) is 1.94. The zero-order chi connectivity index (χ0) is 19.9. The van der Waals surface area contributed by atoms with Crippen LogP contribution in [-0.2, 0) is 17.9 Å². The lowest BCUT2D eigenvalue weighted by Crippen LogP contribution is -2.47. The molecule has 1 aromatic rings. The Morgan fingerprint density at radius 2 is 2.04 bits per heavy atom. The summed E-state index contributed by atoms with van der Waals surface area (Å²) in [6, 6.07) is 8.54. The van der Waals surface area contributed by atoms with Gasteiger partial charge in [-0.15, -0.1) is 24.0 Å². The monoisotopic (exact) mass is 501 g/mol. The molecule has 0 bridgehead atoms. The number of halogens is 1. The van der Waals surface area contributed by atoms with Crippen molar-refractivity contribution < 1.29 is 4.79 Å². The minimum absolute atomic E-state index is 0. The third-order valence-corrected chi connectivity index (χ3v) is 4.56. The van der Waals surface area contributed by atoms with Gasteiger partial charge in [0.1, 0.15) is 0 Å². The number of likely N-dealkylation sites (tertiary alicyclic amines) is 1. The van der Waals surface area contributed by atoms with E-state index in [4.69, 9.17) is 10.7 Å². The molecule has 1 heterocycles. The fourth-order valence-electron chi connectivity index (χ4n) is 3.35. The number of nitrogens with two attached hydrogens (primary N) is 1. The van der Waals surface area contributed by atoms with Gasteiger partial charge in [-0.1, -0.05) is 24.3 Å². The topological polar surface area (TPSA) is 82.8 Å². The number of hydrogen-bond donors (Lipinski definition) is 3. The molecule has 1 aliphatic rings. The van der Waals surface area contributed by atoms with Crippen molar-refractivity contribution in [2.24, 2.45) is 16.6 Å². The van der Waals surface area contributed by atoms with Gasteiger partial charge < -0.3 is 16.4 Å². The van der Waals surface area contributed by atoms with E-state index < -0.39 is 0 Å². The molecule has 1 aliphatic heterocycles. The normalized spacial score (nSPS) is 18.3. The van der Waals surface area contributed by atoms with Gasteiger partial charge in [-0.3, -0.25) is 9.69 Å². The molecular formula is C21H36IN5O. The van der Waals surface area contributed by atoms with Crippen molar-refractivity contribution in [3.8, 4) is 0 Å². The van der Waals surface area contributed by atoms with E-state index in [1.165, 1.54) is 11.1 Å². The van der Waals surface area contributed by atoms with E-state index >= 15 is 0 Å². The molecule has 2 rings (SSSR count). The number of piperidine rings is 1. The van der Waals surface area contributed by atoms with Crippen LogP contribution in [0.5, 0.6) is 0 Å². The molecule has 0 saturated carbocycles. The Labute approximate surface area is 186 Å². The maximum atomic E-state index is 11.5. The second-order valence-corrected chi connectivity index (χ2v) is 8.37. The zero-order valence-electron chi connectivity index (χ0n) is 17.6. The predicted molar refractivity (Wildman–Crippen MR) is 127 cm³/mol. The van der Waals surface area contributed by atoms with Crippen molar-refractivity contribution in [1.82, 2.24) is 15.5 Å². The van der Waals surface area contributed by atoms with Crippen LogP contribution < -0.4 is 16.4 Å². The average Bonchev–Trinajstić information content (AvgIpc) is 2.59. The van der Waals surface area contributed by atoms with Crippen LogP contribution >= 0.6 is 24.0 Å². The number of aliphatic imine (C=N–C) groups is 1. The Hall–Kier alpha value is -1.35. The minimum atomic E-state index is -0.176. The molecule has 7 heteroatoms. The van der Waals surface area contributed by atoms with Gasteiger partial charge in [-0.25, -0.2) is 4.99 Å². The summed E-state index contributed by atoms with van der Waals surface area (Å²) in [6.45, 7) is 12.5. The van der Waals surface area contributed by atoms with E-state index in [2.05, 4.69) is 67.5 Å². The molecule has 1 fully saturated rings. The van der Waals surface area contributed by atoms with Crippen LogP contribution in [0.25, 0.3) is 0 Å². The van der Waals surface area contributed by atoms with Gasteiger partial charge in [0.25, 0.3) is 0 Å². The molecule has 0 aliphatic carbocycles. The van der Waals surface area contributed by atoms with E-state index in [0.29, 0.717) is 6.54 Å². The minimum Gasteiger partial charge on any atom is -0.369 e. The molecule has 6 nitrogen and oxygen atoms in total.